The molecule has 15 heavy (non-hydrogen) atoms. The first kappa shape index (κ1) is 12.5. The van der Waals surface area contributed by atoms with E-state index in [0.717, 1.165) is 25.8 Å². The third-order valence-electron chi connectivity index (χ3n) is 3.13. The number of hydrogen-bond acceptors (Lipinski definition) is 2. The van der Waals surface area contributed by atoms with Crippen LogP contribution in [0.1, 0.15) is 40.0 Å². The summed E-state index contributed by atoms with van der Waals surface area (Å²) in [5.41, 5.74) is -0.329. The van der Waals surface area contributed by atoms with E-state index in [0.29, 0.717) is 0 Å². The molecule has 1 aliphatic rings. The smallest absolute Gasteiger partial charge is 0.230 e. The normalized spacial score (nSPS) is 19.5. The van der Waals surface area contributed by atoms with Gasteiger partial charge in [-0.05, 0) is 18.3 Å². The van der Waals surface area contributed by atoms with Crippen LogP contribution in [-0.2, 0) is 4.79 Å². The summed E-state index contributed by atoms with van der Waals surface area (Å²) in [5, 5.41) is 9.31. The maximum absolute atomic E-state index is 12.1. The molecule has 1 saturated carbocycles. The van der Waals surface area contributed by atoms with E-state index in [2.05, 4.69) is 20.8 Å². The minimum atomic E-state index is -0.444. The van der Waals surface area contributed by atoms with Crippen molar-refractivity contribution in [3.8, 4) is 0 Å². The Morgan fingerprint density at radius 2 is 1.93 bits per heavy atom. The Labute approximate surface area is 92.5 Å². The Hall–Kier alpha value is -0.570. The molecule has 1 aliphatic carbocycles. The van der Waals surface area contributed by atoms with Gasteiger partial charge < -0.3 is 10.0 Å². The molecule has 88 valence electrons. The van der Waals surface area contributed by atoms with Gasteiger partial charge in [-0.2, -0.15) is 0 Å². The Bertz CT molecular complexity index is 233. The van der Waals surface area contributed by atoms with Crippen molar-refractivity contribution in [2.24, 2.45) is 10.8 Å². The van der Waals surface area contributed by atoms with Crippen molar-refractivity contribution in [3.63, 3.8) is 0 Å². The highest BCUT2D eigenvalue weighted by Crippen LogP contribution is 2.42. The molecule has 0 atom stereocenters. The van der Waals surface area contributed by atoms with E-state index in [1.807, 2.05) is 7.05 Å². The van der Waals surface area contributed by atoms with Gasteiger partial charge in [-0.1, -0.05) is 27.2 Å². The number of amides is 1. The first-order chi connectivity index (χ1) is 6.81. The van der Waals surface area contributed by atoms with E-state index in [-0.39, 0.29) is 17.9 Å². The van der Waals surface area contributed by atoms with Crippen molar-refractivity contribution in [1.29, 1.82) is 0 Å². The van der Waals surface area contributed by atoms with Crippen molar-refractivity contribution in [2.45, 2.75) is 40.0 Å². The third-order valence-corrected chi connectivity index (χ3v) is 3.13. The van der Waals surface area contributed by atoms with Crippen molar-refractivity contribution < 1.29 is 9.90 Å². The van der Waals surface area contributed by atoms with Gasteiger partial charge in [0.1, 0.15) is 0 Å². The molecule has 0 saturated heterocycles. The summed E-state index contributed by atoms with van der Waals surface area (Å²) in [7, 11) is 1.84. The second-order valence-corrected chi connectivity index (χ2v) is 6.01. The average Bonchev–Trinajstić information content (AvgIpc) is 1.99. The van der Waals surface area contributed by atoms with Gasteiger partial charge in [-0.15, -0.1) is 0 Å². The lowest BCUT2D eigenvalue weighted by molar-refractivity contribution is -0.150. The predicted molar refractivity (Wildman–Crippen MR) is 60.5 cm³/mol. The maximum Gasteiger partial charge on any atom is 0.230 e. The number of aliphatic hydroxyl groups is 1. The molecule has 3 heteroatoms. The van der Waals surface area contributed by atoms with Crippen molar-refractivity contribution in [2.75, 3.05) is 20.2 Å². The topological polar surface area (TPSA) is 40.5 Å². The molecule has 1 rings (SSSR count). The molecule has 0 unspecified atom stereocenters. The average molecular weight is 213 g/mol. The minimum absolute atomic E-state index is 0.000314. The van der Waals surface area contributed by atoms with E-state index >= 15 is 0 Å². The summed E-state index contributed by atoms with van der Waals surface area (Å²) in [6.45, 7) is 7.09. The molecule has 0 heterocycles. The first-order valence-electron chi connectivity index (χ1n) is 5.67. The van der Waals surface area contributed by atoms with Gasteiger partial charge in [0.05, 0.1) is 12.0 Å². The van der Waals surface area contributed by atoms with Crippen molar-refractivity contribution in [3.05, 3.63) is 0 Å². The summed E-state index contributed by atoms with van der Waals surface area (Å²) < 4.78 is 0. The van der Waals surface area contributed by atoms with Gasteiger partial charge in [0, 0.05) is 13.6 Å². The van der Waals surface area contributed by atoms with Crippen LogP contribution in [0.2, 0.25) is 0 Å². The van der Waals surface area contributed by atoms with Crippen LogP contribution in [0.15, 0.2) is 0 Å². The van der Waals surface area contributed by atoms with E-state index in [1.165, 1.54) is 0 Å². The fourth-order valence-corrected chi connectivity index (χ4v) is 2.23. The molecule has 0 aliphatic heterocycles. The fourth-order valence-electron chi connectivity index (χ4n) is 2.23. The number of nitrogens with zero attached hydrogens (tertiary/aromatic N) is 1. The quantitative estimate of drug-likeness (QED) is 0.774. The summed E-state index contributed by atoms with van der Waals surface area (Å²) in [4.78, 5) is 13.9. The standard InChI is InChI=1S/C12H23NO2/c1-11(2,3)8-13(4)10(15)12(9-14)6-5-7-12/h14H,5-9H2,1-4H3. The summed E-state index contributed by atoms with van der Waals surface area (Å²) in [6.07, 6.45) is 2.75. The van der Waals surface area contributed by atoms with E-state index in [4.69, 9.17) is 0 Å². The van der Waals surface area contributed by atoms with Crippen molar-refractivity contribution >= 4 is 5.91 Å². The van der Waals surface area contributed by atoms with Crippen LogP contribution >= 0.6 is 0 Å². The second kappa shape index (κ2) is 4.12. The van der Waals surface area contributed by atoms with Crippen LogP contribution in [-0.4, -0.2) is 36.1 Å². The van der Waals surface area contributed by atoms with Crippen LogP contribution in [0.25, 0.3) is 0 Å². The van der Waals surface area contributed by atoms with Gasteiger partial charge in [0.25, 0.3) is 0 Å². The highest BCUT2D eigenvalue weighted by Gasteiger charge is 2.45. The van der Waals surface area contributed by atoms with Gasteiger partial charge in [0.15, 0.2) is 0 Å². The highest BCUT2D eigenvalue weighted by atomic mass is 16.3. The molecule has 1 fully saturated rings. The predicted octanol–water partition coefficient (Wildman–Crippen LogP) is 1.65. The molecule has 0 aromatic heterocycles. The van der Waals surface area contributed by atoms with Gasteiger partial charge >= 0.3 is 0 Å². The van der Waals surface area contributed by atoms with Crippen LogP contribution < -0.4 is 0 Å². The number of hydrogen-bond donors (Lipinski definition) is 1. The largest absolute Gasteiger partial charge is 0.395 e. The summed E-state index contributed by atoms with van der Waals surface area (Å²) in [5.74, 6) is 0.117. The Morgan fingerprint density at radius 3 is 2.20 bits per heavy atom. The van der Waals surface area contributed by atoms with E-state index in [1.54, 1.807) is 4.90 Å². The lowest BCUT2D eigenvalue weighted by Crippen LogP contribution is -2.50. The van der Waals surface area contributed by atoms with Crippen molar-refractivity contribution in [1.82, 2.24) is 4.90 Å². The highest BCUT2D eigenvalue weighted by molar-refractivity contribution is 5.83. The monoisotopic (exact) mass is 213 g/mol. The van der Waals surface area contributed by atoms with E-state index < -0.39 is 5.41 Å². The zero-order chi connectivity index (χ0) is 11.7. The van der Waals surface area contributed by atoms with Gasteiger partial charge in [-0.25, -0.2) is 0 Å². The molecule has 1 N–H and O–H groups in total. The van der Waals surface area contributed by atoms with Crippen LogP contribution in [0.3, 0.4) is 0 Å². The molecular formula is C12H23NO2. The Morgan fingerprint density at radius 1 is 1.40 bits per heavy atom. The fraction of sp³-hybridized carbons (Fsp3) is 0.917. The molecule has 0 bridgehead atoms. The Kier molecular flexibility index (Phi) is 3.44. The molecular weight excluding hydrogens is 190 g/mol. The molecule has 0 radical (unpaired) electrons. The maximum atomic E-state index is 12.1. The van der Waals surface area contributed by atoms with Gasteiger partial charge in [0.2, 0.25) is 5.91 Å². The lowest BCUT2D eigenvalue weighted by atomic mass is 9.68. The Balaban J connectivity index is 2.60. The number of rotatable bonds is 3. The van der Waals surface area contributed by atoms with Crippen LogP contribution in [0.5, 0.6) is 0 Å². The number of carbonyl (C=O) groups excluding carboxylic acids is 1. The summed E-state index contributed by atoms with van der Waals surface area (Å²) >= 11 is 0. The number of aliphatic hydroxyl groups excluding tert-OH is 1. The minimum Gasteiger partial charge on any atom is -0.395 e. The second-order valence-electron chi connectivity index (χ2n) is 6.01. The SMILES string of the molecule is CN(CC(C)(C)C)C(=O)C1(CO)CCC1. The van der Waals surface area contributed by atoms with Crippen LogP contribution in [0, 0.1) is 10.8 Å². The molecule has 3 nitrogen and oxygen atoms in total. The zero-order valence-electron chi connectivity index (χ0n) is 10.3. The first-order valence-corrected chi connectivity index (χ1v) is 5.67. The van der Waals surface area contributed by atoms with E-state index in [9.17, 15) is 9.90 Å². The van der Waals surface area contributed by atoms with Gasteiger partial charge in [-0.3, -0.25) is 4.79 Å². The molecule has 0 aromatic carbocycles. The lowest BCUT2D eigenvalue weighted by Gasteiger charge is -2.42. The zero-order valence-corrected chi connectivity index (χ0v) is 10.3. The molecule has 0 spiro atoms. The van der Waals surface area contributed by atoms with Crippen LogP contribution in [0.4, 0.5) is 0 Å². The third kappa shape index (κ3) is 2.71. The number of carbonyl (C=O) groups is 1. The molecule has 0 aromatic rings. The summed E-state index contributed by atoms with van der Waals surface area (Å²) in [6, 6.07) is 0. The molecule has 1 amide bonds.